The molecule has 0 bridgehead atoms. The topological polar surface area (TPSA) is 72.6 Å². The van der Waals surface area contributed by atoms with Crippen LogP contribution >= 0.6 is 0 Å². The Hall–Kier alpha value is -1.76. The predicted octanol–water partition coefficient (Wildman–Crippen LogP) is 2.42. The van der Waals surface area contributed by atoms with Gasteiger partial charge in [-0.3, -0.25) is 4.79 Å². The highest BCUT2D eigenvalue weighted by Gasteiger charge is 2.44. The molecule has 0 spiro atoms. The summed E-state index contributed by atoms with van der Waals surface area (Å²) in [5, 5.41) is 8.98. The van der Waals surface area contributed by atoms with Crippen molar-refractivity contribution in [3.05, 3.63) is 29.8 Å². The Morgan fingerprint density at radius 3 is 2.60 bits per heavy atom. The molecule has 2 unspecified atom stereocenters. The third-order valence-electron chi connectivity index (χ3n) is 3.42. The first-order valence-corrected chi connectivity index (χ1v) is 6.07. The summed E-state index contributed by atoms with van der Waals surface area (Å²) in [6.45, 7) is 0. The second-order valence-corrected chi connectivity index (χ2v) is 4.94. The van der Waals surface area contributed by atoms with Gasteiger partial charge in [0, 0.05) is 6.42 Å². The van der Waals surface area contributed by atoms with Crippen LogP contribution in [0.3, 0.4) is 0 Å². The molecule has 1 saturated carbocycles. The van der Waals surface area contributed by atoms with E-state index in [1.165, 1.54) is 18.2 Å². The molecule has 0 heterocycles. The molecule has 3 N–H and O–H groups in total. The van der Waals surface area contributed by atoms with Gasteiger partial charge in [0.15, 0.2) is 0 Å². The van der Waals surface area contributed by atoms with Crippen LogP contribution in [0, 0.1) is 0 Å². The molecule has 110 valence electrons. The largest absolute Gasteiger partial charge is 0.490 e. The number of carboxylic acids is 1. The van der Waals surface area contributed by atoms with Crippen LogP contribution < -0.4 is 10.5 Å². The first-order valence-electron chi connectivity index (χ1n) is 6.07. The maximum atomic E-state index is 12.8. The van der Waals surface area contributed by atoms with Gasteiger partial charge in [0.1, 0.15) is 17.4 Å². The number of halogens is 3. The minimum absolute atomic E-state index is 0.00543. The molecule has 0 amide bonds. The fourth-order valence-electron chi connectivity index (χ4n) is 2.31. The number of nitrogens with two attached hydrogens (primary N) is 1. The molecule has 4 nitrogen and oxygen atoms in total. The lowest BCUT2D eigenvalue weighted by atomic mass is 10.00. The molecular formula is C13H14F3NO3. The quantitative estimate of drug-likeness (QED) is 0.896. The highest BCUT2D eigenvalue weighted by atomic mass is 19.4. The lowest BCUT2D eigenvalue weighted by molar-refractivity contribution is -0.143. The Balaban J connectivity index is 2.15. The van der Waals surface area contributed by atoms with Gasteiger partial charge in [0.25, 0.3) is 0 Å². The molecule has 0 saturated heterocycles. The number of aliphatic carboxylic acids is 1. The van der Waals surface area contributed by atoms with Crippen LogP contribution in [0.25, 0.3) is 0 Å². The summed E-state index contributed by atoms with van der Waals surface area (Å²) < 4.78 is 43.7. The van der Waals surface area contributed by atoms with Crippen LogP contribution in [-0.2, 0) is 11.0 Å². The van der Waals surface area contributed by atoms with E-state index in [2.05, 4.69) is 0 Å². The molecule has 1 aliphatic rings. The molecule has 1 aromatic rings. The van der Waals surface area contributed by atoms with E-state index >= 15 is 0 Å². The molecule has 2 atom stereocenters. The van der Waals surface area contributed by atoms with Crippen LogP contribution in [-0.4, -0.2) is 22.7 Å². The maximum Gasteiger partial charge on any atom is 0.419 e. The molecule has 1 aromatic carbocycles. The first-order chi connectivity index (χ1) is 9.22. The van der Waals surface area contributed by atoms with Crippen molar-refractivity contribution in [1.82, 2.24) is 0 Å². The predicted molar refractivity (Wildman–Crippen MR) is 64.3 cm³/mol. The minimum atomic E-state index is -4.51. The average molecular weight is 289 g/mol. The second kappa shape index (κ2) is 4.97. The van der Waals surface area contributed by atoms with Gasteiger partial charge in [-0.2, -0.15) is 13.2 Å². The number of carbonyl (C=O) groups is 1. The third kappa shape index (κ3) is 2.87. The normalized spacial score (nSPS) is 26.5. The van der Waals surface area contributed by atoms with Crippen molar-refractivity contribution < 1.29 is 27.8 Å². The zero-order valence-electron chi connectivity index (χ0n) is 10.5. The molecule has 7 heteroatoms. The van der Waals surface area contributed by atoms with Crippen LogP contribution in [0.4, 0.5) is 13.2 Å². The van der Waals surface area contributed by atoms with Crippen LogP contribution in [0.2, 0.25) is 0 Å². The van der Waals surface area contributed by atoms with Gasteiger partial charge < -0.3 is 15.6 Å². The molecule has 1 fully saturated rings. The summed E-state index contributed by atoms with van der Waals surface area (Å²) in [7, 11) is 0. The van der Waals surface area contributed by atoms with E-state index in [1.807, 2.05) is 0 Å². The molecule has 1 aliphatic carbocycles. The Labute approximate surface area is 113 Å². The van der Waals surface area contributed by atoms with Gasteiger partial charge >= 0.3 is 12.1 Å². The van der Waals surface area contributed by atoms with E-state index in [4.69, 9.17) is 15.6 Å². The van der Waals surface area contributed by atoms with Crippen molar-refractivity contribution in [2.45, 2.75) is 37.1 Å². The summed E-state index contributed by atoms with van der Waals surface area (Å²) >= 11 is 0. The fraction of sp³-hybridized carbons (Fsp3) is 0.462. The van der Waals surface area contributed by atoms with E-state index in [9.17, 15) is 18.0 Å². The van der Waals surface area contributed by atoms with Gasteiger partial charge in [-0.25, -0.2) is 0 Å². The third-order valence-corrected chi connectivity index (χ3v) is 3.42. The number of para-hydroxylation sites is 1. The Morgan fingerprint density at radius 1 is 1.40 bits per heavy atom. The van der Waals surface area contributed by atoms with Gasteiger partial charge in [-0.05, 0) is 25.0 Å². The number of rotatable bonds is 3. The van der Waals surface area contributed by atoms with Crippen molar-refractivity contribution in [2.24, 2.45) is 5.73 Å². The summed E-state index contributed by atoms with van der Waals surface area (Å²) in [5.74, 6) is -1.45. The van der Waals surface area contributed by atoms with Crippen molar-refractivity contribution in [3.63, 3.8) is 0 Å². The monoisotopic (exact) mass is 289 g/mol. The van der Waals surface area contributed by atoms with Crippen LogP contribution in [0.15, 0.2) is 24.3 Å². The van der Waals surface area contributed by atoms with E-state index in [1.54, 1.807) is 0 Å². The van der Waals surface area contributed by atoms with Crippen molar-refractivity contribution in [2.75, 3.05) is 0 Å². The fourth-order valence-corrected chi connectivity index (χ4v) is 2.31. The maximum absolute atomic E-state index is 12.8. The Kier molecular flexibility index (Phi) is 3.64. The number of carboxylic acid groups (broad SMARTS) is 1. The van der Waals surface area contributed by atoms with Gasteiger partial charge in [0.05, 0.1) is 5.56 Å². The molecule has 0 aliphatic heterocycles. The lowest BCUT2D eigenvalue weighted by Gasteiger charge is -2.20. The Bertz CT molecular complexity index is 518. The average Bonchev–Trinajstić information content (AvgIpc) is 2.72. The summed E-state index contributed by atoms with van der Waals surface area (Å²) in [5.41, 5.74) is 3.38. The zero-order valence-corrected chi connectivity index (χ0v) is 10.5. The second-order valence-electron chi connectivity index (χ2n) is 4.94. The number of hydrogen-bond acceptors (Lipinski definition) is 3. The molecule has 0 radical (unpaired) electrons. The first kappa shape index (κ1) is 14.6. The number of hydrogen-bond donors (Lipinski definition) is 2. The van der Waals surface area contributed by atoms with Gasteiger partial charge in [-0.1, -0.05) is 12.1 Å². The number of benzene rings is 1. The Morgan fingerprint density at radius 2 is 2.05 bits per heavy atom. The van der Waals surface area contributed by atoms with Crippen LogP contribution in [0.5, 0.6) is 5.75 Å². The lowest BCUT2D eigenvalue weighted by Crippen LogP contribution is -2.46. The van der Waals surface area contributed by atoms with Crippen molar-refractivity contribution >= 4 is 5.97 Å². The van der Waals surface area contributed by atoms with E-state index in [-0.39, 0.29) is 18.6 Å². The van der Waals surface area contributed by atoms with Crippen LogP contribution in [0.1, 0.15) is 24.8 Å². The highest BCUT2D eigenvalue weighted by Crippen LogP contribution is 2.38. The van der Waals surface area contributed by atoms with E-state index in [0.717, 1.165) is 6.07 Å². The molecular weight excluding hydrogens is 275 g/mol. The smallest absolute Gasteiger partial charge is 0.419 e. The zero-order chi connectivity index (χ0) is 15.0. The van der Waals surface area contributed by atoms with Crippen molar-refractivity contribution in [1.29, 1.82) is 0 Å². The minimum Gasteiger partial charge on any atom is -0.490 e. The number of ether oxygens (including phenoxy) is 1. The summed E-state index contributed by atoms with van der Waals surface area (Å²) in [6.07, 6.45) is -4.65. The standard InChI is InChI=1S/C13H14F3NO3/c14-13(15,16)9-3-1-2-4-10(9)20-8-5-6-12(17,7-8)11(18)19/h1-4,8H,5-7,17H2,(H,18,19). The van der Waals surface area contributed by atoms with Crippen molar-refractivity contribution in [3.8, 4) is 5.75 Å². The number of alkyl halides is 3. The van der Waals surface area contributed by atoms with E-state index < -0.39 is 29.4 Å². The van der Waals surface area contributed by atoms with Gasteiger partial charge in [0.2, 0.25) is 0 Å². The molecule has 2 rings (SSSR count). The summed E-state index contributed by atoms with van der Waals surface area (Å²) in [6, 6.07) is 4.86. The SMILES string of the molecule is NC1(C(=O)O)CCC(Oc2ccccc2C(F)(F)F)C1. The van der Waals surface area contributed by atoms with Gasteiger partial charge in [-0.15, -0.1) is 0 Å². The molecule has 20 heavy (non-hydrogen) atoms. The highest BCUT2D eigenvalue weighted by molar-refractivity contribution is 5.79. The summed E-state index contributed by atoms with van der Waals surface area (Å²) in [4.78, 5) is 11.0. The molecule has 0 aromatic heterocycles. The van der Waals surface area contributed by atoms with E-state index in [0.29, 0.717) is 6.42 Å².